The third-order valence-corrected chi connectivity index (χ3v) is 3.25. The lowest BCUT2D eigenvalue weighted by Crippen LogP contribution is -2.31. The summed E-state index contributed by atoms with van der Waals surface area (Å²) >= 11 is 0. The number of carbonyl (C=O) groups excluding carboxylic acids is 1. The number of rotatable bonds is 9. The molecule has 0 saturated carbocycles. The van der Waals surface area contributed by atoms with Crippen molar-refractivity contribution in [1.29, 1.82) is 0 Å². The fourth-order valence-electron chi connectivity index (χ4n) is 2.13. The number of hydrogen-bond acceptors (Lipinski definition) is 3. The zero-order valence-corrected chi connectivity index (χ0v) is 12.3. The number of aliphatic hydroxyl groups is 1. The summed E-state index contributed by atoms with van der Waals surface area (Å²) < 4.78 is 4.84. The molecule has 0 atom stereocenters. The predicted octanol–water partition coefficient (Wildman–Crippen LogP) is 3.59. The van der Waals surface area contributed by atoms with Gasteiger partial charge in [-0.1, -0.05) is 43.9 Å². The van der Waals surface area contributed by atoms with Crippen molar-refractivity contribution >= 4 is 11.8 Å². The standard InChI is InChI=1S/C16H25NO3/c1-20-16(19)17(15-11-7-6-8-12-15)13-9-4-2-3-5-10-14-18/h6-8,11-12,18H,2-5,9-10,13-14H2,1H3. The van der Waals surface area contributed by atoms with Crippen molar-refractivity contribution in [3.63, 3.8) is 0 Å². The van der Waals surface area contributed by atoms with Crippen LogP contribution in [0.4, 0.5) is 10.5 Å². The maximum atomic E-state index is 11.8. The minimum Gasteiger partial charge on any atom is -0.452 e. The Balaban J connectivity index is 2.34. The fraction of sp³-hybridized carbons (Fsp3) is 0.562. The maximum Gasteiger partial charge on any atom is 0.413 e. The van der Waals surface area contributed by atoms with E-state index in [-0.39, 0.29) is 12.7 Å². The van der Waals surface area contributed by atoms with Crippen LogP contribution in [0.2, 0.25) is 0 Å². The molecular formula is C16H25NO3. The Hall–Kier alpha value is -1.55. The average molecular weight is 279 g/mol. The summed E-state index contributed by atoms with van der Waals surface area (Å²) in [5, 5.41) is 8.70. The molecule has 4 heteroatoms. The minimum atomic E-state index is -0.309. The van der Waals surface area contributed by atoms with E-state index in [1.807, 2.05) is 30.3 Å². The summed E-state index contributed by atoms with van der Waals surface area (Å²) in [6.07, 6.45) is 5.99. The van der Waals surface area contributed by atoms with Crippen LogP contribution in [0.25, 0.3) is 0 Å². The lowest BCUT2D eigenvalue weighted by molar-refractivity contribution is 0.178. The van der Waals surface area contributed by atoms with Crippen molar-refractivity contribution in [2.75, 3.05) is 25.2 Å². The van der Waals surface area contributed by atoms with E-state index >= 15 is 0 Å². The first kappa shape index (κ1) is 16.5. The van der Waals surface area contributed by atoms with E-state index in [1.165, 1.54) is 7.11 Å². The zero-order chi connectivity index (χ0) is 14.6. The molecule has 1 aromatic carbocycles. The fourth-order valence-corrected chi connectivity index (χ4v) is 2.13. The summed E-state index contributed by atoms with van der Waals surface area (Å²) in [4.78, 5) is 13.5. The van der Waals surface area contributed by atoms with Crippen molar-refractivity contribution in [2.24, 2.45) is 0 Å². The molecule has 1 N–H and O–H groups in total. The van der Waals surface area contributed by atoms with E-state index < -0.39 is 0 Å². The summed E-state index contributed by atoms with van der Waals surface area (Å²) in [5.41, 5.74) is 0.875. The summed E-state index contributed by atoms with van der Waals surface area (Å²) in [7, 11) is 1.41. The third kappa shape index (κ3) is 6.06. The van der Waals surface area contributed by atoms with Crippen molar-refractivity contribution in [3.05, 3.63) is 30.3 Å². The lowest BCUT2D eigenvalue weighted by atomic mass is 10.1. The average Bonchev–Trinajstić information content (AvgIpc) is 2.50. The molecule has 0 radical (unpaired) electrons. The molecular weight excluding hydrogens is 254 g/mol. The molecule has 0 spiro atoms. The molecule has 0 aromatic heterocycles. The normalized spacial score (nSPS) is 10.3. The second-order valence-electron chi connectivity index (χ2n) is 4.80. The van der Waals surface area contributed by atoms with Crippen molar-refractivity contribution < 1.29 is 14.6 Å². The van der Waals surface area contributed by atoms with E-state index in [4.69, 9.17) is 9.84 Å². The number of benzene rings is 1. The van der Waals surface area contributed by atoms with Gasteiger partial charge in [-0.2, -0.15) is 0 Å². The Labute approximate surface area is 121 Å². The van der Waals surface area contributed by atoms with E-state index in [0.29, 0.717) is 6.54 Å². The second kappa shape index (κ2) is 10.3. The van der Waals surface area contributed by atoms with E-state index in [2.05, 4.69) is 0 Å². The van der Waals surface area contributed by atoms with Crippen LogP contribution in [0.5, 0.6) is 0 Å². The van der Waals surface area contributed by atoms with E-state index in [1.54, 1.807) is 4.90 Å². The van der Waals surface area contributed by atoms with Crippen LogP contribution in [0.1, 0.15) is 38.5 Å². The molecule has 20 heavy (non-hydrogen) atoms. The van der Waals surface area contributed by atoms with E-state index in [9.17, 15) is 4.79 Å². The Morgan fingerprint density at radius 2 is 1.65 bits per heavy atom. The summed E-state index contributed by atoms with van der Waals surface area (Å²) in [6.45, 7) is 0.959. The van der Waals surface area contributed by atoms with Crippen LogP contribution >= 0.6 is 0 Å². The van der Waals surface area contributed by atoms with Crippen molar-refractivity contribution in [3.8, 4) is 0 Å². The predicted molar refractivity (Wildman–Crippen MR) is 81.0 cm³/mol. The highest BCUT2D eigenvalue weighted by molar-refractivity contribution is 5.87. The van der Waals surface area contributed by atoms with Crippen LogP contribution in [-0.2, 0) is 4.74 Å². The van der Waals surface area contributed by atoms with Crippen LogP contribution in [0.3, 0.4) is 0 Å². The Kier molecular flexibility index (Phi) is 8.47. The van der Waals surface area contributed by atoms with Gasteiger partial charge in [-0.3, -0.25) is 4.90 Å². The summed E-state index contributed by atoms with van der Waals surface area (Å²) in [6, 6.07) is 9.59. The first-order chi connectivity index (χ1) is 9.79. The number of ether oxygens (including phenoxy) is 1. The first-order valence-corrected chi connectivity index (χ1v) is 7.31. The smallest absolute Gasteiger partial charge is 0.413 e. The number of methoxy groups -OCH3 is 1. The van der Waals surface area contributed by atoms with Gasteiger partial charge < -0.3 is 9.84 Å². The van der Waals surface area contributed by atoms with Crippen LogP contribution < -0.4 is 4.90 Å². The van der Waals surface area contributed by atoms with Gasteiger partial charge in [0.05, 0.1) is 7.11 Å². The van der Waals surface area contributed by atoms with Crippen LogP contribution in [0.15, 0.2) is 30.3 Å². The van der Waals surface area contributed by atoms with Gasteiger partial charge in [0, 0.05) is 18.8 Å². The number of anilines is 1. The van der Waals surface area contributed by atoms with Gasteiger partial charge in [-0.25, -0.2) is 4.79 Å². The molecule has 0 bridgehead atoms. The largest absolute Gasteiger partial charge is 0.452 e. The van der Waals surface area contributed by atoms with Crippen molar-refractivity contribution in [2.45, 2.75) is 38.5 Å². The highest BCUT2D eigenvalue weighted by Crippen LogP contribution is 2.16. The number of unbranched alkanes of at least 4 members (excludes halogenated alkanes) is 5. The van der Waals surface area contributed by atoms with Crippen LogP contribution in [-0.4, -0.2) is 31.5 Å². The molecule has 0 aliphatic rings. The van der Waals surface area contributed by atoms with Gasteiger partial charge in [0.1, 0.15) is 0 Å². The first-order valence-electron chi connectivity index (χ1n) is 7.31. The number of hydrogen-bond donors (Lipinski definition) is 1. The van der Waals surface area contributed by atoms with Gasteiger partial charge in [-0.15, -0.1) is 0 Å². The molecule has 1 rings (SSSR count). The number of para-hydroxylation sites is 1. The number of carbonyl (C=O) groups is 1. The van der Waals surface area contributed by atoms with Gasteiger partial charge in [-0.05, 0) is 25.0 Å². The van der Waals surface area contributed by atoms with Gasteiger partial charge >= 0.3 is 6.09 Å². The Morgan fingerprint density at radius 3 is 2.25 bits per heavy atom. The SMILES string of the molecule is COC(=O)N(CCCCCCCCO)c1ccccc1. The Bertz CT molecular complexity index is 367. The molecule has 112 valence electrons. The third-order valence-electron chi connectivity index (χ3n) is 3.25. The zero-order valence-electron chi connectivity index (χ0n) is 12.3. The molecule has 0 saturated heterocycles. The molecule has 1 amide bonds. The molecule has 0 heterocycles. The van der Waals surface area contributed by atoms with Gasteiger partial charge in [0.2, 0.25) is 0 Å². The van der Waals surface area contributed by atoms with E-state index in [0.717, 1.165) is 44.2 Å². The summed E-state index contributed by atoms with van der Waals surface area (Å²) in [5.74, 6) is 0. The van der Waals surface area contributed by atoms with Gasteiger partial charge in [0.15, 0.2) is 0 Å². The van der Waals surface area contributed by atoms with Crippen molar-refractivity contribution in [1.82, 2.24) is 0 Å². The molecule has 0 fully saturated rings. The molecule has 0 unspecified atom stereocenters. The minimum absolute atomic E-state index is 0.282. The molecule has 4 nitrogen and oxygen atoms in total. The topological polar surface area (TPSA) is 49.8 Å². The monoisotopic (exact) mass is 279 g/mol. The van der Waals surface area contributed by atoms with Crippen LogP contribution in [0, 0.1) is 0 Å². The molecule has 0 aliphatic carbocycles. The van der Waals surface area contributed by atoms with Gasteiger partial charge in [0.25, 0.3) is 0 Å². The lowest BCUT2D eigenvalue weighted by Gasteiger charge is -2.21. The number of amides is 1. The number of nitrogens with zero attached hydrogens (tertiary/aromatic N) is 1. The molecule has 0 aliphatic heterocycles. The highest BCUT2D eigenvalue weighted by Gasteiger charge is 2.14. The molecule has 1 aromatic rings. The Morgan fingerprint density at radius 1 is 1.05 bits per heavy atom. The second-order valence-corrected chi connectivity index (χ2v) is 4.80. The maximum absolute atomic E-state index is 11.8. The highest BCUT2D eigenvalue weighted by atomic mass is 16.5. The number of aliphatic hydroxyl groups excluding tert-OH is 1. The quantitative estimate of drug-likeness (QED) is 0.703.